The fourth-order valence-corrected chi connectivity index (χ4v) is 2.43. The molecule has 0 fully saturated rings. The molecule has 8 heteroatoms. The Bertz CT molecular complexity index is 910. The summed E-state index contributed by atoms with van der Waals surface area (Å²) in [5.74, 6) is -1.73. The molecule has 3 aromatic rings. The molecule has 1 aromatic heterocycles. The molecule has 0 bridgehead atoms. The van der Waals surface area contributed by atoms with Crippen LogP contribution in [0.4, 0.5) is 8.78 Å². The van der Waals surface area contributed by atoms with Gasteiger partial charge in [-0.2, -0.15) is 5.10 Å². The lowest BCUT2D eigenvalue weighted by atomic mass is 10.1. The predicted octanol–water partition coefficient (Wildman–Crippen LogP) is 2.54. The van der Waals surface area contributed by atoms with E-state index in [2.05, 4.69) is 10.4 Å². The van der Waals surface area contributed by atoms with Crippen molar-refractivity contribution in [3.05, 3.63) is 59.3 Å². The quantitative estimate of drug-likeness (QED) is 0.758. The van der Waals surface area contributed by atoms with Gasteiger partial charge in [0.15, 0.2) is 0 Å². The predicted molar refractivity (Wildman–Crippen MR) is 89.5 cm³/mol. The van der Waals surface area contributed by atoms with E-state index in [1.807, 2.05) is 0 Å². The summed E-state index contributed by atoms with van der Waals surface area (Å²) in [7, 11) is 1.73. The number of aromatic nitrogens is 2. The van der Waals surface area contributed by atoms with Crippen LogP contribution in [0.5, 0.6) is 0 Å². The second-order valence-electron chi connectivity index (χ2n) is 5.14. The average Bonchev–Trinajstić information content (AvgIpc) is 2.92. The molecule has 3 rings (SSSR count). The van der Waals surface area contributed by atoms with E-state index in [4.69, 9.17) is 5.73 Å². The monoisotopic (exact) mass is 352 g/mol. The second kappa shape index (κ2) is 6.94. The number of rotatable bonds is 4. The largest absolute Gasteiger partial charge is 0.366 e. The van der Waals surface area contributed by atoms with Crippen LogP contribution in [0.25, 0.3) is 16.6 Å². The summed E-state index contributed by atoms with van der Waals surface area (Å²) in [6.07, 6.45) is 1.53. The number of nitrogens with two attached hydrogens (primary N) is 1. The van der Waals surface area contributed by atoms with Crippen LogP contribution in [0.2, 0.25) is 0 Å². The minimum Gasteiger partial charge on any atom is -0.366 e. The summed E-state index contributed by atoms with van der Waals surface area (Å²) in [4.78, 5) is 11.4. The average molecular weight is 353 g/mol. The lowest BCUT2D eigenvalue weighted by Gasteiger charge is -2.05. The van der Waals surface area contributed by atoms with Gasteiger partial charge in [0.05, 0.1) is 11.3 Å². The van der Waals surface area contributed by atoms with Crippen molar-refractivity contribution >= 4 is 29.2 Å². The number of fused-ring (bicyclic) bond motifs is 1. The van der Waals surface area contributed by atoms with Gasteiger partial charge in [0.2, 0.25) is 0 Å². The van der Waals surface area contributed by atoms with E-state index >= 15 is 0 Å². The van der Waals surface area contributed by atoms with E-state index in [0.717, 1.165) is 6.07 Å². The number of carbonyl (C=O) groups is 1. The van der Waals surface area contributed by atoms with Crippen molar-refractivity contribution in [2.75, 3.05) is 7.05 Å². The first-order valence-electron chi connectivity index (χ1n) is 6.91. The Morgan fingerprint density at radius 2 is 2.04 bits per heavy atom. The van der Waals surface area contributed by atoms with Gasteiger partial charge in [0.25, 0.3) is 5.91 Å². The molecule has 0 aliphatic heterocycles. The highest BCUT2D eigenvalue weighted by Gasteiger charge is 2.14. The number of halogens is 3. The molecule has 0 aliphatic rings. The van der Waals surface area contributed by atoms with Gasteiger partial charge in [-0.3, -0.25) is 4.79 Å². The van der Waals surface area contributed by atoms with Crippen molar-refractivity contribution in [3.8, 4) is 5.69 Å². The molecule has 2 aromatic carbocycles. The van der Waals surface area contributed by atoms with Gasteiger partial charge in [0.1, 0.15) is 17.2 Å². The summed E-state index contributed by atoms with van der Waals surface area (Å²) in [5.41, 5.74) is 6.51. The van der Waals surface area contributed by atoms with E-state index in [1.54, 1.807) is 19.2 Å². The molecule has 0 spiro atoms. The number of carbonyl (C=O) groups excluding carboxylic acids is 1. The van der Waals surface area contributed by atoms with Crippen molar-refractivity contribution in [3.63, 3.8) is 0 Å². The molecule has 1 heterocycles. The van der Waals surface area contributed by atoms with Crippen LogP contribution in [0.3, 0.4) is 0 Å². The molecular weight excluding hydrogens is 338 g/mol. The molecule has 0 saturated heterocycles. The zero-order valence-corrected chi connectivity index (χ0v) is 13.5. The summed E-state index contributed by atoms with van der Waals surface area (Å²) in [6, 6.07) is 6.96. The lowest BCUT2D eigenvalue weighted by Crippen LogP contribution is -2.12. The fourth-order valence-electron chi connectivity index (χ4n) is 2.43. The third-order valence-electron chi connectivity index (χ3n) is 3.51. The zero-order chi connectivity index (χ0) is 16.6. The number of primary amides is 1. The van der Waals surface area contributed by atoms with E-state index in [-0.39, 0.29) is 29.3 Å². The SMILES string of the molecule is CNCc1ccc(-n2cc3cc(F)cc(C(N)=O)c3n2)cc1F.Cl. The van der Waals surface area contributed by atoms with E-state index in [9.17, 15) is 13.6 Å². The first-order chi connectivity index (χ1) is 11.0. The van der Waals surface area contributed by atoms with Crippen molar-refractivity contribution in [2.24, 2.45) is 5.73 Å². The number of benzene rings is 2. The molecule has 1 amide bonds. The van der Waals surface area contributed by atoms with Crippen LogP contribution in [0.1, 0.15) is 15.9 Å². The summed E-state index contributed by atoms with van der Waals surface area (Å²) in [5, 5.41) is 7.52. The smallest absolute Gasteiger partial charge is 0.251 e. The zero-order valence-electron chi connectivity index (χ0n) is 12.7. The number of amides is 1. The molecule has 0 unspecified atom stereocenters. The van der Waals surface area contributed by atoms with Crippen LogP contribution in [0.15, 0.2) is 36.5 Å². The molecule has 0 atom stereocenters. The Morgan fingerprint density at radius 3 is 2.67 bits per heavy atom. The van der Waals surface area contributed by atoms with Crippen LogP contribution in [0, 0.1) is 11.6 Å². The minimum absolute atomic E-state index is 0. The maximum Gasteiger partial charge on any atom is 0.251 e. The van der Waals surface area contributed by atoms with Crippen LogP contribution in [-0.2, 0) is 6.54 Å². The van der Waals surface area contributed by atoms with Gasteiger partial charge < -0.3 is 11.1 Å². The van der Waals surface area contributed by atoms with E-state index in [0.29, 0.717) is 23.2 Å². The lowest BCUT2D eigenvalue weighted by molar-refractivity contribution is 0.100. The Morgan fingerprint density at radius 1 is 1.29 bits per heavy atom. The molecule has 126 valence electrons. The number of nitrogens with one attached hydrogen (secondary N) is 1. The standard InChI is InChI=1S/C16H14F2N4O.ClH/c1-20-7-9-2-3-12(6-14(9)18)22-8-10-4-11(17)5-13(16(19)23)15(10)21-22;/h2-6,8,20H,7H2,1H3,(H2,19,23);1H. The van der Waals surface area contributed by atoms with Gasteiger partial charge in [-0.05, 0) is 31.3 Å². The Labute approximate surface area is 142 Å². The molecular formula is C16H15ClF2N4O. The molecule has 0 radical (unpaired) electrons. The molecule has 3 N–H and O–H groups in total. The van der Waals surface area contributed by atoms with Crippen LogP contribution < -0.4 is 11.1 Å². The Kier molecular flexibility index (Phi) is 5.16. The highest BCUT2D eigenvalue weighted by atomic mass is 35.5. The summed E-state index contributed by atoms with van der Waals surface area (Å²) >= 11 is 0. The number of nitrogens with zero attached hydrogens (tertiary/aromatic N) is 2. The Hall–Kier alpha value is -2.51. The van der Waals surface area contributed by atoms with Crippen molar-refractivity contribution in [1.29, 1.82) is 0 Å². The maximum atomic E-state index is 14.0. The third-order valence-corrected chi connectivity index (χ3v) is 3.51. The van der Waals surface area contributed by atoms with Gasteiger partial charge in [0, 0.05) is 23.7 Å². The van der Waals surface area contributed by atoms with Crippen molar-refractivity contribution in [1.82, 2.24) is 15.1 Å². The van der Waals surface area contributed by atoms with E-state index in [1.165, 1.54) is 23.0 Å². The molecule has 0 aliphatic carbocycles. The molecule has 5 nitrogen and oxygen atoms in total. The van der Waals surface area contributed by atoms with Crippen molar-refractivity contribution in [2.45, 2.75) is 6.54 Å². The highest BCUT2D eigenvalue weighted by molar-refractivity contribution is 6.04. The maximum absolute atomic E-state index is 14.0. The summed E-state index contributed by atoms with van der Waals surface area (Å²) in [6.45, 7) is 0.407. The number of hydrogen-bond donors (Lipinski definition) is 2. The Balaban J connectivity index is 0.00000208. The van der Waals surface area contributed by atoms with Gasteiger partial charge in [-0.1, -0.05) is 6.07 Å². The van der Waals surface area contributed by atoms with Crippen LogP contribution in [-0.4, -0.2) is 22.7 Å². The fraction of sp³-hybridized carbons (Fsp3) is 0.125. The van der Waals surface area contributed by atoms with Crippen molar-refractivity contribution < 1.29 is 13.6 Å². The van der Waals surface area contributed by atoms with Gasteiger partial charge in [-0.25, -0.2) is 13.5 Å². The van der Waals surface area contributed by atoms with Gasteiger partial charge in [-0.15, -0.1) is 12.4 Å². The number of hydrogen-bond acceptors (Lipinski definition) is 3. The topological polar surface area (TPSA) is 72.9 Å². The molecule has 0 saturated carbocycles. The first-order valence-corrected chi connectivity index (χ1v) is 6.91. The second-order valence-corrected chi connectivity index (χ2v) is 5.14. The third kappa shape index (κ3) is 3.22. The van der Waals surface area contributed by atoms with Gasteiger partial charge >= 0.3 is 0 Å². The van der Waals surface area contributed by atoms with E-state index < -0.39 is 11.7 Å². The summed E-state index contributed by atoms with van der Waals surface area (Å²) < 4.78 is 29.0. The first kappa shape index (κ1) is 17.8. The van der Waals surface area contributed by atoms with Crippen LogP contribution >= 0.6 is 12.4 Å². The normalized spacial score (nSPS) is 10.6. The molecule has 24 heavy (non-hydrogen) atoms. The highest BCUT2D eigenvalue weighted by Crippen LogP contribution is 2.22. The minimum atomic E-state index is -0.768.